The molecule has 18 heavy (non-hydrogen) atoms. The Morgan fingerprint density at radius 1 is 1.22 bits per heavy atom. The van der Waals surface area contributed by atoms with Crippen molar-refractivity contribution in [3.63, 3.8) is 0 Å². The zero-order valence-corrected chi connectivity index (χ0v) is 10.3. The Hall–Kier alpha value is -2.54. The number of hydrogen-bond acceptors (Lipinski definition) is 4. The van der Waals surface area contributed by atoms with E-state index in [1.54, 1.807) is 24.3 Å². The van der Waals surface area contributed by atoms with Gasteiger partial charge in [0.05, 0.1) is 0 Å². The van der Waals surface area contributed by atoms with Crippen LogP contribution in [0.15, 0.2) is 30.3 Å². The van der Waals surface area contributed by atoms with Gasteiger partial charge in [0.25, 0.3) is 0 Å². The molecule has 2 rings (SSSR count). The van der Waals surface area contributed by atoms with E-state index in [-0.39, 0.29) is 0 Å². The van der Waals surface area contributed by atoms with Crippen LogP contribution >= 0.6 is 0 Å². The van der Waals surface area contributed by atoms with Crippen molar-refractivity contribution in [2.45, 2.75) is 13.8 Å². The molecule has 4 nitrogen and oxygen atoms in total. The zero-order chi connectivity index (χ0) is 13.1. The van der Waals surface area contributed by atoms with E-state index in [9.17, 15) is 0 Å². The number of anilines is 1. The van der Waals surface area contributed by atoms with Gasteiger partial charge in [0.15, 0.2) is 0 Å². The van der Waals surface area contributed by atoms with Crippen LogP contribution in [0.3, 0.4) is 0 Å². The molecule has 1 aromatic carbocycles. The van der Waals surface area contributed by atoms with Crippen LogP contribution in [0.4, 0.5) is 5.69 Å². The third kappa shape index (κ3) is 2.41. The van der Waals surface area contributed by atoms with Gasteiger partial charge in [-0.15, -0.1) is 0 Å². The maximum atomic E-state index is 8.78. The van der Waals surface area contributed by atoms with Gasteiger partial charge < -0.3 is 10.5 Å². The summed E-state index contributed by atoms with van der Waals surface area (Å²) >= 11 is 0. The van der Waals surface area contributed by atoms with Gasteiger partial charge in [-0.25, -0.2) is 4.98 Å². The molecule has 0 radical (unpaired) electrons. The molecule has 0 atom stereocenters. The molecule has 0 saturated carbocycles. The maximum absolute atomic E-state index is 8.78. The predicted molar refractivity (Wildman–Crippen MR) is 69.4 cm³/mol. The first-order valence-electron chi connectivity index (χ1n) is 5.52. The SMILES string of the molecule is Cc1cc(C)c(Oc2cccc(C#N)n2)cc1N. The van der Waals surface area contributed by atoms with Crippen LogP contribution in [0.25, 0.3) is 0 Å². The first-order valence-corrected chi connectivity index (χ1v) is 5.52. The Bertz CT molecular complexity index is 629. The summed E-state index contributed by atoms with van der Waals surface area (Å²) in [6.45, 7) is 3.89. The topological polar surface area (TPSA) is 71.9 Å². The Morgan fingerprint density at radius 3 is 2.72 bits per heavy atom. The van der Waals surface area contributed by atoms with Crippen molar-refractivity contribution in [3.8, 4) is 17.7 Å². The number of hydrogen-bond donors (Lipinski definition) is 1. The van der Waals surface area contributed by atoms with Gasteiger partial charge in [0, 0.05) is 17.8 Å². The lowest BCUT2D eigenvalue weighted by Gasteiger charge is -2.10. The highest BCUT2D eigenvalue weighted by Gasteiger charge is 2.06. The Morgan fingerprint density at radius 2 is 2.00 bits per heavy atom. The molecule has 0 aliphatic rings. The summed E-state index contributed by atoms with van der Waals surface area (Å²) in [4.78, 5) is 4.06. The number of nitrogen functional groups attached to an aromatic ring is 1. The highest BCUT2D eigenvalue weighted by molar-refractivity contribution is 5.54. The van der Waals surface area contributed by atoms with Crippen LogP contribution in [0.5, 0.6) is 11.6 Å². The highest BCUT2D eigenvalue weighted by Crippen LogP contribution is 2.28. The van der Waals surface area contributed by atoms with Gasteiger partial charge in [-0.2, -0.15) is 5.26 Å². The minimum absolute atomic E-state index is 0.324. The number of nitriles is 1. The summed E-state index contributed by atoms with van der Waals surface area (Å²) in [6.07, 6.45) is 0. The average Bonchev–Trinajstić information content (AvgIpc) is 2.36. The average molecular weight is 239 g/mol. The summed E-state index contributed by atoms with van der Waals surface area (Å²) in [7, 11) is 0. The molecule has 2 N–H and O–H groups in total. The number of nitrogens with two attached hydrogens (primary N) is 1. The number of aromatic nitrogens is 1. The first-order chi connectivity index (χ1) is 8.60. The van der Waals surface area contributed by atoms with Crippen molar-refractivity contribution in [1.82, 2.24) is 4.98 Å². The van der Waals surface area contributed by atoms with Gasteiger partial charge in [-0.1, -0.05) is 12.1 Å². The molecule has 0 aliphatic carbocycles. The molecule has 1 heterocycles. The second-order valence-corrected chi connectivity index (χ2v) is 4.05. The quantitative estimate of drug-likeness (QED) is 0.818. The zero-order valence-electron chi connectivity index (χ0n) is 10.3. The predicted octanol–water partition coefficient (Wildman–Crippen LogP) is 2.94. The minimum Gasteiger partial charge on any atom is -0.439 e. The van der Waals surface area contributed by atoms with Crippen LogP contribution in [0.2, 0.25) is 0 Å². The molecule has 4 heteroatoms. The lowest BCUT2D eigenvalue weighted by atomic mass is 10.1. The van der Waals surface area contributed by atoms with Crippen LogP contribution in [0.1, 0.15) is 16.8 Å². The van der Waals surface area contributed by atoms with Crippen LogP contribution in [-0.2, 0) is 0 Å². The van der Waals surface area contributed by atoms with E-state index >= 15 is 0 Å². The van der Waals surface area contributed by atoms with E-state index in [4.69, 9.17) is 15.7 Å². The van der Waals surface area contributed by atoms with Gasteiger partial charge in [0.1, 0.15) is 17.5 Å². The maximum Gasteiger partial charge on any atom is 0.220 e. The number of nitrogens with zero attached hydrogens (tertiary/aromatic N) is 2. The number of ether oxygens (including phenoxy) is 1. The van der Waals surface area contributed by atoms with E-state index in [0.717, 1.165) is 11.1 Å². The van der Waals surface area contributed by atoms with E-state index < -0.39 is 0 Å². The van der Waals surface area contributed by atoms with Crippen LogP contribution in [0, 0.1) is 25.2 Å². The standard InChI is InChI=1S/C14H13N3O/c1-9-6-10(2)13(7-12(9)16)18-14-5-3-4-11(8-15)17-14/h3-7H,16H2,1-2H3. The van der Waals surface area contributed by atoms with E-state index in [0.29, 0.717) is 23.0 Å². The van der Waals surface area contributed by atoms with Gasteiger partial charge in [-0.05, 0) is 31.0 Å². The van der Waals surface area contributed by atoms with Crippen molar-refractivity contribution >= 4 is 5.69 Å². The third-order valence-electron chi connectivity index (χ3n) is 2.62. The summed E-state index contributed by atoms with van der Waals surface area (Å²) in [6, 6.07) is 10.8. The highest BCUT2D eigenvalue weighted by atomic mass is 16.5. The summed E-state index contributed by atoms with van der Waals surface area (Å²) < 4.78 is 5.65. The molecule has 0 fully saturated rings. The van der Waals surface area contributed by atoms with Crippen molar-refractivity contribution < 1.29 is 4.74 Å². The summed E-state index contributed by atoms with van der Waals surface area (Å²) in [5.74, 6) is 1.04. The molecule has 1 aromatic heterocycles. The number of benzene rings is 1. The first kappa shape index (κ1) is 11.9. The van der Waals surface area contributed by atoms with E-state index in [2.05, 4.69) is 4.98 Å². The van der Waals surface area contributed by atoms with Crippen molar-refractivity contribution in [2.75, 3.05) is 5.73 Å². The summed E-state index contributed by atoms with van der Waals surface area (Å²) in [5, 5.41) is 8.78. The molecule has 0 saturated heterocycles. The number of rotatable bonds is 2. The van der Waals surface area contributed by atoms with Gasteiger partial charge >= 0.3 is 0 Å². The van der Waals surface area contributed by atoms with E-state index in [1.807, 2.05) is 26.0 Å². The Balaban J connectivity index is 2.34. The van der Waals surface area contributed by atoms with Crippen LogP contribution < -0.4 is 10.5 Å². The molecule has 0 amide bonds. The molecular weight excluding hydrogens is 226 g/mol. The molecule has 90 valence electrons. The minimum atomic E-state index is 0.324. The largest absolute Gasteiger partial charge is 0.439 e. The molecule has 2 aromatic rings. The molecule has 0 bridgehead atoms. The van der Waals surface area contributed by atoms with Crippen molar-refractivity contribution in [2.24, 2.45) is 0 Å². The molecule has 0 unspecified atom stereocenters. The summed E-state index contributed by atoms with van der Waals surface area (Å²) in [5.41, 5.74) is 8.83. The third-order valence-corrected chi connectivity index (χ3v) is 2.62. The monoisotopic (exact) mass is 239 g/mol. The lowest BCUT2D eigenvalue weighted by Crippen LogP contribution is -1.96. The van der Waals surface area contributed by atoms with Crippen molar-refractivity contribution in [1.29, 1.82) is 5.26 Å². The lowest BCUT2D eigenvalue weighted by molar-refractivity contribution is 0.459. The van der Waals surface area contributed by atoms with E-state index in [1.165, 1.54) is 0 Å². The molecule has 0 spiro atoms. The molecule has 0 aliphatic heterocycles. The number of pyridine rings is 1. The second-order valence-electron chi connectivity index (χ2n) is 4.05. The Labute approximate surface area is 106 Å². The van der Waals surface area contributed by atoms with Gasteiger partial charge in [0.2, 0.25) is 5.88 Å². The van der Waals surface area contributed by atoms with Crippen molar-refractivity contribution in [3.05, 3.63) is 47.2 Å². The normalized spacial score (nSPS) is 9.83. The second kappa shape index (κ2) is 4.76. The molecular formula is C14H13N3O. The smallest absolute Gasteiger partial charge is 0.220 e. The fourth-order valence-electron chi connectivity index (χ4n) is 1.60. The van der Waals surface area contributed by atoms with Crippen LogP contribution in [-0.4, -0.2) is 4.98 Å². The fourth-order valence-corrected chi connectivity index (χ4v) is 1.60. The Kier molecular flexibility index (Phi) is 3.16. The van der Waals surface area contributed by atoms with Gasteiger partial charge in [-0.3, -0.25) is 0 Å². The number of aryl methyl sites for hydroxylation is 2. The fraction of sp³-hybridized carbons (Fsp3) is 0.143.